The number of ether oxygens (including phenoxy) is 2. The van der Waals surface area contributed by atoms with E-state index in [9.17, 15) is 4.79 Å². The molecule has 90 valence electrons. The average molecular weight is 234 g/mol. The molecule has 0 radical (unpaired) electrons. The van der Waals surface area contributed by atoms with Gasteiger partial charge in [0, 0.05) is 6.42 Å². The molecule has 1 N–H and O–H groups in total. The summed E-state index contributed by atoms with van der Waals surface area (Å²) in [5.74, 6) is 1.36. The molecule has 5 heteroatoms. The van der Waals surface area contributed by atoms with Gasteiger partial charge in [-0.3, -0.25) is 4.79 Å². The van der Waals surface area contributed by atoms with E-state index in [1.807, 2.05) is 25.1 Å². The van der Waals surface area contributed by atoms with Crippen LogP contribution in [0.25, 0.3) is 0 Å². The van der Waals surface area contributed by atoms with E-state index in [4.69, 9.17) is 9.47 Å². The van der Waals surface area contributed by atoms with Gasteiger partial charge in [0.2, 0.25) is 12.7 Å². The number of carbonyl (C=O) groups is 1. The first-order chi connectivity index (χ1) is 8.29. The van der Waals surface area contributed by atoms with Gasteiger partial charge in [-0.1, -0.05) is 6.92 Å². The van der Waals surface area contributed by atoms with E-state index in [1.165, 1.54) is 0 Å². The van der Waals surface area contributed by atoms with Crippen LogP contribution in [0, 0.1) is 0 Å². The summed E-state index contributed by atoms with van der Waals surface area (Å²) < 4.78 is 10.4. The van der Waals surface area contributed by atoms with E-state index in [0.717, 1.165) is 17.7 Å². The Bertz CT molecular complexity index is 443. The highest BCUT2D eigenvalue weighted by molar-refractivity contribution is 5.83. The minimum absolute atomic E-state index is 0.0792. The highest BCUT2D eigenvalue weighted by Crippen LogP contribution is 2.31. The van der Waals surface area contributed by atoms with Crippen LogP contribution in [0.15, 0.2) is 23.3 Å². The van der Waals surface area contributed by atoms with Crippen LogP contribution in [0.4, 0.5) is 0 Å². The molecule has 1 aliphatic heterocycles. The van der Waals surface area contributed by atoms with Crippen LogP contribution >= 0.6 is 0 Å². The van der Waals surface area contributed by atoms with Crippen molar-refractivity contribution in [2.75, 3.05) is 6.79 Å². The lowest BCUT2D eigenvalue weighted by Crippen LogP contribution is -2.16. The zero-order valence-electron chi connectivity index (χ0n) is 9.60. The number of nitrogens with one attached hydrogen (secondary N) is 1. The van der Waals surface area contributed by atoms with Crippen molar-refractivity contribution in [3.05, 3.63) is 23.8 Å². The third-order valence-electron chi connectivity index (χ3n) is 2.28. The Morgan fingerprint density at radius 3 is 3.12 bits per heavy atom. The van der Waals surface area contributed by atoms with Crippen molar-refractivity contribution in [1.82, 2.24) is 5.43 Å². The summed E-state index contributed by atoms with van der Waals surface area (Å²) >= 11 is 0. The predicted octanol–water partition coefficient (Wildman–Crippen LogP) is 1.67. The highest BCUT2D eigenvalue weighted by Gasteiger charge is 2.12. The summed E-state index contributed by atoms with van der Waals surface area (Å²) in [6, 6.07) is 5.48. The van der Waals surface area contributed by atoms with Crippen LogP contribution in [0.5, 0.6) is 11.5 Å². The van der Waals surface area contributed by atoms with Crippen LogP contribution in [0.2, 0.25) is 0 Å². The minimum Gasteiger partial charge on any atom is -0.454 e. The van der Waals surface area contributed by atoms with Gasteiger partial charge >= 0.3 is 0 Å². The molecule has 0 atom stereocenters. The van der Waals surface area contributed by atoms with E-state index in [1.54, 1.807) is 6.21 Å². The molecule has 5 nitrogen and oxygen atoms in total. The summed E-state index contributed by atoms with van der Waals surface area (Å²) in [6.07, 6.45) is 2.87. The number of nitrogens with zero attached hydrogens (tertiary/aromatic N) is 1. The van der Waals surface area contributed by atoms with Crippen molar-refractivity contribution < 1.29 is 14.3 Å². The molecule has 1 amide bonds. The molecule has 0 aromatic heterocycles. The standard InChI is InChI=1S/C12H14N2O3/c1-2-3-12(15)14-13-7-9-4-5-10-11(6-9)17-8-16-10/h4-7H,2-3,8H2,1H3,(H,14,15)/b13-7+. The lowest BCUT2D eigenvalue weighted by Gasteiger charge is -1.98. The van der Waals surface area contributed by atoms with Gasteiger partial charge in [0.15, 0.2) is 11.5 Å². The van der Waals surface area contributed by atoms with Crippen molar-refractivity contribution in [3.63, 3.8) is 0 Å². The van der Waals surface area contributed by atoms with E-state index in [0.29, 0.717) is 12.2 Å². The second kappa shape index (κ2) is 5.34. The van der Waals surface area contributed by atoms with Gasteiger partial charge in [0.05, 0.1) is 6.21 Å². The van der Waals surface area contributed by atoms with E-state index in [-0.39, 0.29) is 12.7 Å². The van der Waals surface area contributed by atoms with Gasteiger partial charge in [0.1, 0.15) is 0 Å². The number of amides is 1. The predicted molar refractivity (Wildman–Crippen MR) is 63.2 cm³/mol. The Balaban J connectivity index is 1.95. The number of rotatable bonds is 4. The van der Waals surface area contributed by atoms with E-state index < -0.39 is 0 Å². The smallest absolute Gasteiger partial charge is 0.240 e. The number of fused-ring (bicyclic) bond motifs is 1. The summed E-state index contributed by atoms with van der Waals surface area (Å²) in [6.45, 7) is 2.20. The summed E-state index contributed by atoms with van der Waals surface area (Å²) in [5.41, 5.74) is 3.31. The SMILES string of the molecule is CCCC(=O)N/N=C/c1ccc2c(c1)OCO2. The monoisotopic (exact) mass is 234 g/mol. The van der Waals surface area contributed by atoms with Crippen LogP contribution in [-0.4, -0.2) is 18.9 Å². The van der Waals surface area contributed by atoms with Crippen molar-refractivity contribution >= 4 is 12.1 Å². The largest absolute Gasteiger partial charge is 0.454 e. The Morgan fingerprint density at radius 1 is 1.47 bits per heavy atom. The normalized spacial score (nSPS) is 13.0. The molecule has 0 fully saturated rings. The Morgan fingerprint density at radius 2 is 2.29 bits per heavy atom. The third kappa shape index (κ3) is 2.96. The molecule has 1 heterocycles. The lowest BCUT2D eigenvalue weighted by atomic mass is 10.2. The zero-order valence-corrected chi connectivity index (χ0v) is 9.60. The van der Waals surface area contributed by atoms with Gasteiger partial charge in [-0.15, -0.1) is 0 Å². The molecule has 0 unspecified atom stereocenters. The van der Waals surface area contributed by atoms with Crippen molar-refractivity contribution in [1.29, 1.82) is 0 Å². The summed E-state index contributed by atoms with van der Waals surface area (Å²) in [7, 11) is 0. The molecular formula is C12H14N2O3. The maximum absolute atomic E-state index is 11.2. The minimum atomic E-state index is -0.0792. The molecule has 1 aromatic rings. The molecule has 0 bridgehead atoms. The second-order valence-electron chi connectivity index (χ2n) is 3.66. The van der Waals surface area contributed by atoms with E-state index in [2.05, 4.69) is 10.5 Å². The first-order valence-electron chi connectivity index (χ1n) is 5.51. The van der Waals surface area contributed by atoms with Crippen molar-refractivity contribution in [2.24, 2.45) is 5.10 Å². The van der Waals surface area contributed by atoms with Gasteiger partial charge < -0.3 is 9.47 Å². The fourth-order valence-corrected chi connectivity index (χ4v) is 1.46. The number of benzene rings is 1. The number of hydrazone groups is 1. The summed E-state index contributed by atoms with van der Waals surface area (Å²) in [5, 5.41) is 3.86. The molecule has 0 saturated carbocycles. The molecule has 0 saturated heterocycles. The van der Waals surface area contributed by atoms with Gasteiger partial charge in [0.25, 0.3) is 0 Å². The topological polar surface area (TPSA) is 59.9 Å². The molecule has 0 spiro atoms. The number of hydrogen-bond acceptors (Lipinski definition) is 4. The lowest BCUT2D eigenvalue weighted by molar-refractivity contribution is -0.121. The fraction of sp³-hybridized carbons (Fsp3) is 0.333. The van der Waals surface area contributed by atoms with Crippen molar-refractivity contribution in [2.45, 2.75) is 19.8 Å². The van der Waals surface area contributed by atoms with Crippen LogP contribution in [0.3, 0.4) is 0 Å². The molecule has 1 aliphatic rings. The fourth-order valence-electron chi connectivity index (χ4n) is 1.46. The second-order valence-corrected chi connectivity index (χ2v) is 3.66. The van der Waals surface area contributed by atoms with E-state index >= 15 is 0 Å². The zero-order chi connectivity index (χ0) is 12.1. The molecule has 2 rings (SSSR count). The Labute approximate surface area is 99.4 Å². The maximum atomic E-state index is 11.2. The summed E-state index contributed by atoms with van der Waals surface area (Å²) in [4.78, 5) is 11.2. The first kappa shape index (κ1) is 11.4. The Hall–Kier alpha value is -2.04. The number of carbonyl (C=O) groups excluding carboxylic acids is 1. The first-order valence-corrected chi connectivity index (χ1v) is 5.51. The van der Waals surface area contributed by atoms with Crippen LogP contribution in [-0.2, 0) is 4.79 Å². The maximum Gasteiger partial charge on any atom is 0.240 e. The molecule has 1 aromatic carbocycles. The molecule has 0 aliphatic carbocycles. The Kier molecular flexibility index (Phi) is 3.59. The van der Waals surface area contributed by atoms with Gasteiger partial charge in [-0.25, -0.2) is 5.43 Å². The molecular weight excluding hydrogens is 220 g/mol. The van der Waals surface area contributed by atoms with Crippen molar-refractivity contribution in [3.8, 4) is 11.5 Å². The third-order valence-corrected chi connectivity index (χ3v) is 2.28. The molecule has 17 heavy (non-hydrogen) atoms. The number of hydrogen-bond donors (Lipinski definition) is 1. The highest BCUT2D eigenvalue weighted by atomic mass is 16.7. The van der Waals surface area contributed by atoms with Crippen LogP contribution in [0.1, 0.15) is 25.3 Å². The quantitative estimate of drug-likeness (QED) is 0.636. The average Bonchev–Trinajstić information content (AvgIpc) is 2.76. The van der Waals surface area contributed by atoms with Gasteiger partial charge in [-0.2, -0.15) is 5.10 Å². The van der Waals surface area contributed by atoms with Gasteiger partial charge in [-0.05, 0) is 30.2 Å². The van der Waals surface area contributed by atoms with Crippen LogP contribution < -0.4 is 14.9 Å².